The highest BCUT2D eigenvalue weighted by Gasteiger charge is 2.19. The van der Waals surface area contributed by atoms with Crippen molar-refractivity contribution in [1.82, 2.24) is 5.32 Å². The number of rotatable bonds is 3. The van der Waals surface area contributed by atoms with Crippen LogP contribution in [0.5, 0.6) is 0 Å². The summed E-state index contributed by atoms with van der Waals surface area (Å²) >= 11 is 0. The van der Waals surface area contributed by atoms with E-state index in [2.05, 4.69) is 5.32 Å². The summed E-state index contributed by atoms with van der Waals surface area (Å²) in [6.45, 7) is 0. The molecule has 0 spiro atoms. The Morgan fingerprint density at radius 3 is 2.64 bits per heavy atom. The van der Waals surface area contributed by atoms with E-state index in [-0.39, 0.29) is 17.5 Å². The predicted molar refractivity (Wildman–Crippen MR) is 87.9 cm³/mol. The third-order valence-electron chi connectivity index (χ3n) is 4.18. The van der Waals surface area contributed by atoms with Crippen LogP contribution in [0.4, 0.5) is 0 Å². The first kappa shape index (κ1) is 14.3. The summed E-state index contributed by atoms with van der Waals surface area (Å²) in [6.07, 6.45) is 6.02. The monoisotopic (exact) mass is 290 g/mol. The van der Waals surface area contributed by atoms with Gasteiger partial charge in [-0.3, -0.25) is 4.79 Å². The van der Waals surface area contributed by atoms with Crippen LogP contribution in [-0.4, -0.2) is 11.9 Å². The number of carbonyl (C=O) groups excluding carboxylic acids is 1. The topological polar surface area (TPSA) is 52.9 Å². The molecule has 22 heavy (non-hydrogen) atoms. The van der Waals surface area contributed by atoms with E-state index in [9.17, 15) is 10.1 Å². The Kier molecular flexibility index (Phi) is 4.20. The van der Waals surface area contributed by atoms with Crippen molar-refractivity contribution < 1.29 is 4.79 Å². The van der Waals surface area contributed by atoms with E-state index < -0.39 is 0 Å². The Hall–Kier alpha value is -2.60. The molecule has 1 aliphatic rings. The molecule has 0 saturated heterocycles. The van der Waals surface area contributed by atoms with Crippen molar-refractivity contribution in [3.05, 3.63) is 53.6 Å². The van der Waals surface area contributed by atoms with E-state index in [4.69, 9.17) is 0 Å². The molecule has 1 aliphatic carbocycles. The zero-order valence-corrected chi connectivity index (χ0v) is 12.4. The molecule has 1 fully saturated rings. The molecule has 110 valence electrons. The number of hydrogen-bond donors (Lipinski definition) is 1. The van der Waals surface area contributed by atoms with Crippen molar-refractivity contribution in [3.8, 4) is 6.07 Å². The van der Waals surface area contributed by atoms with Crippen molar-refractivity contribution in [1.29, 1.82) is 5.26 Å². The summed E-state index contributed by atoms with van der Waals surface area (Å²) in [7, 11) is 0. The molecule has 2 aromatic carbocycles. The van der Waals surface area contributed by atoms with Crippen LogP contribution >= 0.6 is 0 Å². The number of fused-ring (bicyclic) bond motifs is 1. The van der Waals surface area contributed by atoms with E-state index in [1.54, 1.807) is 6.08 Å². The standard InChI is InChI=1S/C19H18N2O/c20-13-16(19(22)21-17-9-2-3-10-17)12-15-8-5-7-14-6-1-4-11-18(14)15/h1,4-8,11-12,17H,2-3,9-10H2,(H,21,22)/b16-12-. The van der Waals surface area contributed by atoms with Gasteiger partial charge in [0.25, 0.3) is 5.91 Å². The number of nitriles is 1. The zero-order chi connectivity index (χ0) is 15.4. The Morgan fingerprint density at radius 1 is 1.14 bits per heavy atom. The molecule has 0 heterocycles. The lowest BCUT2D eigenvalue weighted by molar-refractivity contribution is -0.117. The van der Waals surface area contributed by atoms with E-state index in [0.717, 1.165) is 42.0 Å². The maximum Gasteiger partial charge on any atom is 0.262 e. The summed E-state index contributed by atoms with van der Waals surface area (Å²) < 4.78 is 0. The molecule has 0 aliphatic heterocycles. The van der Waals surface area contributed by atoms with Crippen LogP contribution in [0.2, 0.25) is 0 Å². The number of hydrogen-bond acceptors (Lipinski definition) is 2. The van der Waals surface area contributed by atoms with Gasteiger partial charge < -0.3 is 5.32 Å². The van der Waals surface area contributed by atoms with Gasteiger partial charge in [-0.05, 0) is 35.3 Å². The number of nitrogens with one attached hydrogen (secondary N) is 1. The van der Waals surface area contributed by atoms with Gasteiger partial charge in [-0.1, -0.05) is 55.3 Å². The van der Waals surface area contributed by atoms with E-state index in [1.165, 1.54) is 0 Å². The summed E-state index contributed by atoms with van der Waals surface area (Å²) in [4.78, 5) is 12.3. The van der Waals surface area contributed by atoms with E-state index in [0.29, 0.717) is 0 Å². The lowest BCUT2D eigenvalue weighted by Gasteiger charge is -2.11. The molecule has 2 aromatic rings. The largest absolute Gasteiger partial charge is 0.349 e. The number of carbonyl (C=O) groups is 1. The second-order valence-corrected chi connectivity index (χ2v) is 5.69. The predicted octanol–water partition coefficient (Wildman–Crippen LogP) is 3.81. The maximum absolute atomic E-state index is 12.3. The molecule has 3 nitrogen and oxygen atoms in total. The van der Waals surface area contributed by atoms with Crippen molar-refractivity contribution in [2.75, 3.05) is 0 Å². The Labute approximate surface area is 130 Å². The second-order valence-electron chi connectivity index (χ2n) is 5.69. The van der Waals surface area contributed by atoms with Gasteiger partial charge in [0.05, 0.1) is 0 Å². The SMILES string of the molecule is N#C/C(=C/c1cccc2ccccc12)C(=O)NC1CCCC1. The first-order valence-electron chi connectivity index (χ1n) is 7.68. The molecule has 0 aromatic heterocycles. The minimum Gasteiger partial charge on any atom is -0.349 e. The molecule has 0 bridgehead atoms. The summed E-state index contributed by atoms with van der Waals surface area (Å²) in [5.74, 6) is -0.262. The van der Waals surface area contributed by atoms with Gasteiger partial charge in [-0.2, -0.15) is 5.26 Å². The summed E-state index contributed by atoms with van der Waals surface area (Å²) in [5.41, 5.74) is 1.07. The molecule has 3 heteroatoms. The molecular weight excluding hydrogens is 272 g/mol. The normalized spacial score (nSPS) is 15.7. The van der Waals surface area contributed by atoms with Crippen LogP contribution in [0.1, 0.15) is 31.2 Å². The van der Waals surface area contributed by atoms with Crippen molar-refractivity contribution in [2.24, 2.45) is 0 Å². The van der Waals surface area contributed by atoms with Crippen LogP contribution in [-0.2, 0) is 4.79 Å². The maximum atomic E-state index is 12.3. The summed E-state index contributed by atoms with van der Waals surface area (Å²) in [5, 5.41) is 14.4. The fourth-order valence-corrected chi connectivity index (χ4v) is 3.01. The first-order valence-corrected chi connectivity index (χ1v) is 7.68. The van der Waals surface area contributed by atoms with Crippen LogP contribution in [0, 0.1) is 11.3 Å². The molecule has 1 saturated carbocycles. The quantitative estimate of drug-likeness (QED) is 0.690. The number of amides is 1. The van der Waals surface area contributed by atoms with Gasteiger partial charge in [-0.25, -0.2) is 0 Å². The molecule has 0 atom stereocenters. The minimum atomic E-state index is -0.262. The van der Waals surface area contributed by atoms with Crippen molar-refractivity contribution in [2.45, 2.75) is 31.7 Å². The molecular formula is C19H18N2O. The van der Waals surface area contributed by atoms with Gasteiger partial charge >= 0.3 is 0 Å². The molecule has 1 N–H and O–H groups in total. The average Bonchev–Trinajstić information content (AvgIpc) is 3.05. The molecule has 3 rings (SSSR count). The Balaban J connectivity index is 1.90. The van der Waals surface area contributed by atoms with Gasteiger partial charge in [0.2, 0.25) is 0 Å². The lowest BCUT2D eigenvalue weighted by Crippen LogP contribution is -2.33. The average molecular weight is 290 g/mol. The van der Waals surface area contributed by atoms with E-state index >= 15 is 0 Å². The Bertz CT molecular complexity index is 759. The number of benzene rings is 2. The fourth-order valence-electron chi connectivity index (χ4n) is 3.01. The van der Waals surface area contributed by atoms with Crippen LogP contribution in [0.25, 0.3) is 16.8 Å². The van der Waals surface area contributed by atoms with Gasteiger partial charge in [0, 0.05) is 6.04 Å². The first-order chi connectivity index (χ1) is 10.8. The molecule has 1 amide bonds. The highest BCUT2D eigenvalue weighted by atomic mass is 16.1. The third-order valence-corrected chi connectivity index (χ3v) is 4.18. The zero-order valence-electron chi connectivity index (χ0n) is 12.4. The summed E-state index contributed by atoms with van der Waals surface area (Å²) in [6, 6.07) is 16.1. The second kappa shape index (κ2) is 6.44. The van der Waals surface area contributed by atoms with Crippen LogP contribution in [0.3, 0.4) is 0 Å². The van der Waals surface area contributed by atoms with Gasteiger partial charge in [0.15, 0.2) is 0 Å². The number of nitrogens with zero attached hydrogens (tertiary/aromatic N) is 1. The lowest BCUT2D eigenvalue weighted by atomic mass is 10.0. The van der Waals surface area contributed by atoms with Gasteiger partial charge in [-0.15, -0.1) is 0 Å². The molecule has 0 radical (unpaired) electrons. The fraction of sp³-hybridized carbons (Fsp3) is 0.263. The molecule has 0 unspecified atom stereocenters. The van der Waals surface area contributed by atoms with Gasteiger partial charge in [0.1, 0.15) is 11.6 Å². The minimum absolute atomic E-state index is 0.170. The highest BCUT2D eigenvalue weighted by Crippen LogP contribution is 2.22. The third kappa shape index (κ3) is 3.01. The Morgan fingerprint density at radius 2 is 1.86 bits per heavy atom. The highest BCUT2D eigenvalue weighted by molar-refractivity contribution is 6.04. The van der Waals surface area contributed by atoms with Crippen molar-refractivity contribution in [3.63, 3.8) is 0 Å². The van der Waals surface area contributed by atoms with Crippen molar-refractivity contribution >= 4 is 22.8 Å². The van der Waals surface area contributed by atoms with Crippen LogP contribution in [0.15, 0.2) is 48.0 Å². The smallest absolute Gasteiger partial charge is 0.262 e. The van der Waals surface area contributed by atoms with E-state index in [1.807, 2.05) is 48.5 Å². The van der Waals surface area contributed by atoms with Crippen LogP contribution < -0.4 is 5.32 Å².